The molecule has 2 rings (SSSR count). The second kappa shape index (κ2) is 5.86. The third-order valence-corrected chi connectivity index (χ3v) is 4.24. The predicted octanol–water partition coefficient (Wildman–Crippen LogP) is 1.12. The minimum atomic E-state index is -3.64. The highest BCUT2D eigenvalue weighted by molar-refractivity contribution is 7.89. The van der Waals surface area contributed by atoms with Crippen molar-refractivity contribution in [2.75, 3.05) is 0 Å². The van der Waals surface area contributed by atoms with Crippen molar-refractivity contribution in [3.05, 3.63) is 48.3 Å². The molecule has 6 nitrogen and oxygen atoms in total. The molecule has 0 saturated carbocycles. The fourth-order valence-corrected chi connectivity index (χ4v) is 3.07. The number of rotatable bonds is 5. The molecule has 0 aliphatic carbocycles. The first-order valence-electron chi connectivity index (χ1n) is 6.01. The standard InChI is InChI=1S/C13H14N4O2S/c1-11(10-17-7-3-6-15-17)16-20(18,19)13-5-2-4-12(8-13)9-14/h2-8,11,16H,10H2,1H3/t11-/m1/s1. The third kappa shape index (κ3) is 3.44. The molecule has 0 saturated heterocycles. The molecule has 1 N–H and O–H groups in total. The molecule has 0 bridgehead atoms. The highest BCUT2D eigenvalue weighted by Gasteiger charge is 2.18. The van der Waals surface area contributed by atoms with Gasteiger partial charge in [-0.15, -0.1) is 0 Å². The number of benzene rings is 1. The van der Waals surface area contributed by atoms with Crippen LogP contribution in [-0.2, 0) is 16.6 Å². The van der Waals surface area contributed by atoms with Crippen molar-refractivity contribution in [1.29, 1.82) is 5.26 Å². The summed E-state index contributed by atoms with van der Waals surface area (Å²) in [6.45, 7) is 2.19. The number of hydrogen-bond donors (Lipinski definition) is 1. The first-order valence-corrected chi connectivity index (χ1v) is 7.49. The number of sulfonamides is 1. The molecule has 1 atom stereocenters. The number of nitrogens with zero attached hydrogens (tertiary/aromatic N) is 3. The zero-order valence-corrected chi connectivity index (χ0v) is 11.7. The zero-order chi connectivity index (χ0) is 14.6. The largest absolute Gasteiger partial charge is 0.271 e. The van der Waals surface area contributed by atoms with E-state index in [0.717, 1.165) is 0 Å². The summed E-state index contributed by atoms with van der Waals surface area (Å²) in [5.74, 6) is 0. The van der Waals surface area contributed by atoms with Gasteiger partial charge in [0.2, 0.25) is 10.0 Å². The minimum absolute atomic E-state index is 0.0869. The first kappa shape index (κ1) is 14.2. The van der Waals surface area contributed by atoms with Crippen LogP contribution in [0.25, 0.3) is 0 Å². The Labute approximate surface area is 117 Å². The fourth-order valence-electron chi connectivity index (χ4n) is 1.79. The highest BCUT2D eigenvalue weighted by Crippen LogP contribution is 2.11. The third-order valence-electron chi connectivity index (χ3n) is 2.65. The van der Waals surface area contributed by atoms with Gasteiger partial charge in [-0.3, -0.25) is 4.68 Å². The van der Waals surface area contributed by atoms with Gasteiger partial charge in [0.25, 0.3) is 0 Å². The summed E-state index contributed by atoms with van der Waals surface area (Å²) >= 11 is 0. The molecule has 1 aromatic carbocycles. The second-order valence-corrected chi connectivity index (χ2v) is 6.10. The van der Waals surface area contributed by atoms with E-state index in [2.05, 4.69) is 9.82 Å². The van der Waals surface area contributed by atoms with Crippen molar-refractivity contribution >= 4 is 10.0 Å². The summed E-state index contributed by atoms with van der Waals surface area (Å²) in [5.41, 5.74) is 0.313. The summed E-state index contributed by atoms with van der Waals surface area (Å²) in [7, 11) is -3.64. The lowest BCUT2D eigenvalue weighted by molar-refractivity contribution is 0.494. The topological polar surface area (TPSA) is 87.8 Å². The Kier molecular flexibility index (Phi) is 4.17. The monoisotopic (exact) mass is 290 g/mol. The van der Waals surface area contributed by atoms with Gasteiger partial charge in [0.15, 0.2) is 0 Å². The van der Waals surface area contributed by atoms with Gasteiger partial charge in [-0.05, 0) is 31.2 Å². The van der Waals surface area contributed by atoms with Gasteiger partial charge in [0.05, 0.1) is 23.1 Å². The van der Waals surface area contributed by atoms with Crippen molar-refractivity contribution in [2.24, 2.45) is 0 Å². The van der Waals surface area contributed by atoms with Crippen molar-refractivity contribution in [2.45, 2.75) is 24.4 Å². The van der Waals surface area contributed by atoms with Crippen molar-refractivity contribution in [3.8, 4) is 6.07 Å². The summed E-state index contributed by atoms with van der Waals surface area (Å²) in [5, 5.41) is 12.8. The van der Waals surface area contributed by atoms with Crippen LogP contribution in [0.3, 0.4) is 0 Å². The summed E-state index contributed by atoms with van der Waals surface area (Å²) in [4.78, 5) is 0.0869. The van der Waals surface area contributed by atoms with Gasteiger partial charge in [0.1, 0.15) is 0 Å². The van der Waals surface area contributed by atoms with Gasteiger partial charge in [-0.2, -0.15) is 10.4 Å². The van der Waals surface area contributed by atoms with Gasteiger partial charge in [-0.25, -0.2) is 13.1 Å². The summed E-state index contributed by atoms with van der Waals surface area (Å²) in [6.07, 6.45) is 3.40. The second-order valence-electron chi connectivity index (χ2n) is 4.39. The SMILES string of the molecule is C[C@H](Cn1cccn1)NS(=O)(=O)c1cccc(C#N)c1. The molecule has 0 unspecified atom stereocenters. The Morgan fingerprint density at radius 3 is 2.90 bits per heavy atom. The molecule has 2 aromatic rings. The highest BCUT2D eigenvalue weighted by atomic mass is 32.2. The van der Waals surface area contributed by atoms with E-state index >= 15 is 0 Å². The normalized spacial score (nSPS) is 12.8. The van der Waals surface area contributed by atoms with Gasteiger partial charge >= 0.3 is 0 Å². The van der Waals surface area contributed by atoms with E-state index in [-0.39, 0.29) is 10.9 Å². The molecule has 1 heterocycles. The number of hydrogen-bond acceptors (Lipinski definition) is 4. The van der Waals surface area contributed by atoms with Crippen molar-refractivity contribution in [3.63, 3.8) is 0 Å². The maximum absolute atomic E-state index is 12.2. The van der Waals surface area contributed by atoms with E-state index in [0.29, 0.717) is 12.1 Å². The van der Waals surface area contributed by atoms with E-state index in [1.54, 1.807) is 42.2 Å². The molecule has 0 amide bonds. The molecule has 0 radical (unpaired) electrons. The van der Waals surface area contributed by atoms with Crippen LogP contribution in [0.4, 0.5) is 0 Å². The van der Waals surface area contributed by atoms with Crippen molar-refractivity contribution in [1.82, 2.24) is 14.5 Å². The number of nitrogens with one attached hydrogen (secondary N) is 1. The van der Waals surface area contributed by atoms with Crippen LogP contribution >= 0.6 is 0 Å². The van der Waals surface area contributed by atoms with Crippen LogP contribution < -0.4 is 4.72 Å². The van der Waals surface area contributed by atoms with Crippen LogP contribution in [0.2, 0.25) is 0 Å². The minimum Gasteiger partial charge on any atom is -0.271 e. The lowest BCUT2D eigenvalue weighted by atomic mass is 10.2. The van der Waals surface area contributed by atoms with E-state index in [1.165, 1.54) is 12.1 Å². The van der Waals surface area contributed by atoms with Crippen LogP contribution in [0, 0.1) is 11.3 Å². The van der Waals surface area contributed by atoms with Crippen LogP contribution in [0.15, 0.2) is 47.6 Å². The molecule has 0 aliphatic heterocycles. The molecule has 1 aromatic heterocycles. The van der Waals surface area contributed by atoms with Crippen LogP contribution in [0.5, 0.6) is 0 Å². The van der Waals surface area contributed by atoms with Gasteiger partial charge < -0.3 is 0 Å². The number of nitriles is 1. The van der Waals surface area contributed by atoms with Crippen LogP contribution in [0.1, 0.15) is 12.5 Å². The van der Waals surface area contributed by atoms with E-state index in [1.807, 2.05) is 6.07 Å². The van der Waals surface area contributed by atoms with E-state index in [9.17, 15) is 8.42 Å². The molecule has 0 aliphatic rings. The molecule has 7 heteroatoms. The molecule has 0 spiro atoms. The molecule has 0 fully saturated rings. The lowest BCUT2D eigenvalue weighted by Crippen LogP contribution is -2.35. The summed E-state index contributed by atoms with van der Waals surface area (Å²) in [6, 6.07) is 9.30. The zero-order valence-electron chi connectivity index (χ0n) is 10.9. The average Bonchev–Trinajstić information content (AvgIpc) is 2.91. The van der Waals surface area contributed by atoms with Crippen LogP contribution in [-0.4, -0.2) is 24.2 Å². The molecular weight excluding hydrogens is 276 g/mol. The molecule has 104 valence electrons. The number of aromatic nitrogens is 2. The Morgan fingerprint density at radius 1 is 1.45 bits per heavy atom. The molecular formula is C13H14N4O2S. The van der Waals surface area contributed by atoms with Crippen molar-refractivity contribution < 1.29 is 8.42 Å². The Morgan fingerprint density at radius 2 is 2.25 bits per heavy atom. The van der Waals surface area contributed by atoms with E-state index < -0.39 is 10.0 Å². The van der Waals surface area contributed by atoms with Gasteiger partial charge in [-0.1, -0.05) is 6.07 Å². The Bertz CT molecular complexity index is 717. The maximum atomic E-state index is 12.2. The summed E-state index contributed by atoms with van der Waals surface area (Å²) < 4.78 is 28.6. The van der Waals surface area contributed by atoms with E-state index in [4.69, 9.17) is 5.26 Å². The predicted molar refractivity (Wildman–Crippen MR) is 73.2 cm³/mol. The molecule has 20 heavy (non-hydrogen) atoms. The first-order chi connectivity index (χ1) is 9.51. The quantitative estimate of drug-likeness (QED) is 0.894. The smallest absolute Gasteiger partial charge is 0.240 e. The lowest BCUT2D eigenvalue weighted by Gasteiger charge is -2.14. The Balaban J connectivity index is 2.12. The van der Waals surface area contributed by atoms with Gasteiger partial charge in [0, 0.05) is 18.4 Å². The maximum Gasteiger partial charge on any atom is 0.240 e. The Hall–Kier alpha value is -2.17. The fraction of sp³-hybridized carbons (Fsp3) is 0.231. The average molecular weight is 290 g/mol.